The minimum atomic E-state index is -0.736. The van der Waals surface area contributed by atoms with E-state index < -0.39 is 6.04 Å². The molecule has 3 amide bonds. The van der Waals surface area contributed by atoms with E-state index in [1.807, 2.05) is 6.07 Å². The van der Waals surface area contributed by atoms with E-state index in [-0.39, 0.29) is 42.2 Å². The minimum Gasteiger partial charge on any atom is -0.395 e. The monoisotopic (exact) mass is 599 g/mol. The van der Waals surface area contributed by atoms with Gasteiger partial charge in [-0.15, -0.1) is 11.3 Å². The van der Waals surface area contributed by atoms with Crippen molar-refractivity contribution < 1.29 is 19.5 Å². The summed E-state index contributed by atoms with van der Waals surface area (Å²) >= 11 is 1.57. The van der Waals surface area contributed by atoms with E-state index in [1.165, 1.54) is 12.0 Å². The van der Waals surface area contributed by atoms with Crippen molar-refractivity contribution in [1.29, 1.82) is 0 Å². The third-order valence-corrected chi connectivity index (χ3v) is 9.93. The quantitative estimate of drug-likeness (QED) is 0.278. The van der Waals surface area contributed by atoms with Gasteiger partial charge in [-0.2, -0.15) is 0 Å². The van der Waals surface area contributed by atoms with E-state index in [0.29, 0.717) is 31.8 Å². The van der Waals surface area contributed by atoms with Crippen molar-refractivity contribution in [2.45, 2.75) is 96.6 Å². The summed E-state index contributed by atoms with van der Waals surface area (Å²) in [5.41, 5.74) is 2.16. The van der Waals surface area contributed by atoms with Crippen LogP contribution in [0.15, 0.2) is 18.2 Å². The first-order valence-electron chi connectivity index (χ1n) is 15.9. The van der Waals surface area contributed by atoms with Gasteiger partial charge in [0.1, 0.15) is 6.04 Å². The molecule has 10 heteroatoms. The van der Waals surface area contributed by atoms with Gasteiger partial charge in [0.15, 0.2) is 0 Å². The van der Waals surface area contributed by atoms with Crippen molar-refractivity contribution in [1.82, 2.24) is 25.8 Å². The number of aliphatic hydroxyl groups excluding tert-OH is 1. The van der Waals surface area contributed by atoms with E-state index in [2.05, 4.69) is 46.8 Å². The Morgan fingerprint density at radius 1 is 1.07 bits per heavy atom. The number of aliphatic hydroxyl groups is 1. The number of likely N-dealkylation sites (tertiary alicyclic amines) is 1. The fourth-order valence-corrected chi connectivity index (χ4v) is 7.25. The highest BCUT2D eigenvalue weighted by Crippen LogP contribution is 2.28. The van der Waals surface area contributed by atoms with Crippen LogP contribution in [0.1, 0.15) is 88.6 Å². The van der Waals surface area contributed by atoms with Crippen molar-refractivity contribution in [2.24, 2.45) is 11.8 Å². The van der Waals surface area contributed by atoms with Crippen molar-refractivity contribution in [3.63, 3.8) is 0 Å². The number of carbonyl (C=O) groups is 3. The highest BCUT2D eigenvalue weighted by Gasteiger charge is 2.31. The molecule has 2 fully saturated rings. The topological polar surface area (TPSA) is 124 Å². The van der Waals surface area contributed by atoms with Gasteiger partial charge in [0.2, 0.25) is 17.7 Å². The Labute approximate surface area is 254 Å². The Balaban J connectivity index is 1.43. The maximum Gasteiger partial charge on any atom is 0.243 e. The molecule has 1 aliphatic heterocycles. The SMILES string of the molecule is CCC(=O)N[C@@H](Cc1nc2ccc(C(C)C)cc2s1)C(=O)N[C@H](CNC(=O)C1CCN(CCO)CC1)C1CCCCC1. The molecule has 4 rings (SSSR count). The lowest BCUT2D eigenvalue weighted by Crippen LogP contribution is -2.55. The predicted octanol–water partition coefficient (Wildman–Crippen LogP) is 3.74. The molecular weight excluding hydrogens is 550 g/mol. The van der Waals surface area contributed by atoms with Gasteiger partial charge in [0, 0.05) is 37.9 Å². The lowest BCUT2D eigenvalue weighted by molar-refractivity contribution is -0.130. The maximum absolute atomic E-state index is 13.8. The summed E-state index contributed by atoms with van der Waals surface area (Å²) < 4.78 is 1.09. The average Bonchev–Trinajstić information content (AvgIpc) is 3.41. The predicted molar refractivity (Wildman–Crippen MR) is 167 cm³/mol. The number of carbonyl (C=O) groups excluding carboxylic acids is 3. The summed E-state index contributed by atoms with van der Waals surface area (Å²) in [5, 5.41) is 19.4. The fraction of sp³-hybridized carbons (Fsp3) is 0.688. The normalized spacial score (nSPS) is 18.6. The Morgan fingerprint density at radius 3 is 2.48 bits per heavy atom. The summed E-state index contributed by atoms with van der Waals surface area (Å²) in [6.45, 7) is 8.90. The molecule has 2 atom stereocenters. The molecule has 0 radical (unpaired) electrons. The number of fused-ring (bicyclic) bond motifs is 1. The average molecular weight is 600 g/mol. The molecule has 1 aliphatic carbocycles. The van der Waals surface area contributed by atoms with Gasteiger partial charge >= 0.3 is 0 Å². The summed E-state index contributed by atoms with van der Waals surface area (Å²) in [6.07, 6.45) is 7.63. The zero-order valence-electron chi connectivity index (χ0n) is 25.5. The van der Waals surface area contributed by atoms with Gasteiger partial charge in [-0.1, -0.05) is 46.1 Å². The number of piperidine rings is 1. The zero-order chi connectivity index (χ0) is 30.1. The van der Waals surface area contributed by atoms with Crippen LogP contribution in [0.25, 0.3) is 10.2 Å². The van der Waals surface area contributed by atoms with E-state index in [0.717, 1.165) is 66.8 Å². The molecule has 9 nitrogen and oxygen atoms in total. The van der Waals surface area contributed by atoms with Gasteiger partial charge in [0.05, 0.1) is 21.8 Å². The van der Waals surface area contributed by atoms with Gasteiger partial charge in [-0.3, -0.25) is 14.4 Å². The summed E-state index contributed by atoms with van der Waals surface area (Å²) in [5.74, 6) is 0.302. The minimum absolute atomic E-state index is 0.0415. The standard InChI is InChI=1S/C32H49N5O4S/c1-4-29(39)34-26(19-30-35-25-11-10-24(21(2)3)18-28(25)42-30)32(41)36-27(22-8-6-5-7-9-22)20-33-31(40)23-12-14-37(15-13-23)16-17-38/h10-11,18,21-23,26-27,38H,4-9,12-17,19-20H2,1-3H3,(H,33,40)(H,34,39)(H,36,41)/t26-,27+/m0/s1. The van der Waals surface area contributed by atoms with Crippen LogP contribution >= 0.6 is 11.3 Å². The van der Waals surface area contributed by atoms with Crippen LogP contribution < -0.4 is 16.0 Å². The van der Waals surface area contributed by atoms with Crippen LogP contribution in [0.4, 0.5) is 0 Å². The first-order chi connectivity index (χ1) is 20.3. The third kappa shape index (κ3) is 8.97. The second kappa shape index (κ2) is 15.8. The number of hydrogen-bond acceptors (Lipinski definition) is 7. The molecule has 2 heterocycles. The molecule has 1 aromatic heterocycles. The van der Waals surface area contributed by atoms with Crippen molar-refractivity contribution >= 4 is 39.3 Å². The number of hydrogen-bond donors (Lipinski definition) is 4. The fourth-order valence-electron chi connectivity index (χ4n) is 6.19. The Morgan fingerprint density at radius 2 is 1.81 bits per heavy atom. The largest absolute Gasteiger partial charge is 0.395 e. The van der Waals surface area contributed by atoms with Gasteiger partial charge in [-0.25, -0.2) is 4.98 Å². The zero-order valence-corrected chi connectivity index (χ0v) is 26.3. The lowest BCUT2D eigenvalue weighted by atomic mass is 9.83. The highest BCUT2D eigenvalue weighted by molar-refractivity contribution is 7.18. The molecule has 0 spiro atoms. The van der Waals surface area contributed by atoms with Crippen LogP contribution in [-0.4, -0.2) is 77.6 Å². The molecule has 1 saturated carbocycles. The number of amides is 3. The van der Waals surface area contributed by atoms with Crippen LogP contribution in [0.5, 0.6) is 0 Å². The molecule has 0 bridgehead atoms. The Bertz CT molecular complexity index is 1190. The molecule has 1 saturated heterocycles. The van der Waals surface area contributed by atoms with Gasteiger partial charge < -0.3 is 26.0 Å². The number of aromatic nitrogens is 1. The third-order valence-electron chi connectivity index (χ3n) is 8.89. The van der Waals surface area contributed by atoms with Crippen LogP contribution in [0.2, 0.25) is 0 Å². The second-order valence-corrected chi connectivity index (χ2v) is 13.4. The Kier molecular flexibility index (Phi) is 12.2. The number of nitrogens with zero attached hydrogens (tertiary/aromatic N) is 2. The van der Waals surface area contributed by atoms with E-state index >= 15 is 0 Å². The van der Waals surface area contributed by atoms with Crippen LogP contribution in [0, 0.1) is 11.8 Å². The molecule has 2 aliphatic rings. The summed E-state index contributed by atoms with van der Waals surface area (Å²) in [4.78, 5) is 46.3. The lowest BCUT2D eigenvalue weighted by Gasteiger charge is -2.34. The van der Waals surface area contributed by atoms with Crippen molar-refractivity contribution in [3.8, 4) is 0 Å². The van der Waals surface area contributed by atoms with Gasteiger partial charge in [-0.05, 0) is 68.3 Å². The number of β-amino-alcohol motifs (C(OH)–C–C–N with tert-alkyl or cyclic N) is 1. The smallest absolute Gasteiger partial charge is 0.243 e. The first-order valence-corrected chi connectivity index (χ1v) is 16.7. The molecular formula is C32H49N5O4S. The number of thiazole rings is 1. The van der Waals surface area contributed by atoms with Crippen molar-refractivity contribution in [2.75, 3.05) is 32.8 Å². The molecule has 42 heavy (non-hydrogen) atoms. The number of nitrogens with one attached hydrogen (secondary N) is 3. The molecule has 2 aromatic rings. The van der Waals surface area contributed by atoms with Crippen LogP contribution in [-0.2, 0) is 20.8 Å². The van der Waals surface area contributed by atoms with Crippen LogP contribution in [0.3, 0.4) is 0 Å². The Hall–Kier alpha value is -2.56. The number of rotatable bonds is 13. The van der Waals surface area contributed by atoms with Gasteiger partial charge in [0.25, 0.3) is 0 Å². The first kappa shape index (κ1) is 32.4. The second-order valence-electron chi connectivity index (χ2n) is 12.3. The van der Waals surface area contributed by atoms with E-state index in [1.54, 1.807) is 18.3 Å². The molecule has 4 N–H and O–H groups in total. The molecule has 1 aromatic carbocycles. The van der Waals surface area contributed by atoms with E-state index in [4.69, 9.17) is 4.98 Å². The molecule has 232 valence electrons. The maximum atomic E-state index is 13.8. The summed E-state index contributed by atoms with van der Waals surface area (Å²) in [7, 11) is 0. The highest BCUT2D eigenvalue weighted by atomic mass is 32.1. The van der Waals surface area contributed by atoms with Crippen molar-refractivity contribution in [3.05, 3.63) is 28.8 Å². The van der Waals surface area contributed by atoms with E-state index in [9.17, 15) is 19.5 Å². The summed E-state index contributed by atoms with van der Waals surface area (Å²) in [6, 6.07) is 5.37. The number of benzene rings is 1. The molecule has 0 unspecified atom stereocenters.